The maximum atomic E-state index is 8.99. The van der Waals surface area contributed by atoms with E-state index in [-0.39, 0.29) is 41.9 Å². The summed E-state index contributed by atoms with van der Waals surface area (Å²) in [4.78, 5) is 0. The van der Waals surface area contributed by atoms with Crippen LogP contribution >= 0.6 is 12.3 Å². The summed E-state index contributed by atoms with van der Waals surface area (Å²) in [7, 11) is 1.33. The van der Waals surface area contributed by atoms with Gasteiger partial charge in [-0.3, -0.25) is 0 Å². The second-order valence-electron chi connectivity index (χ2n) is 0.235. The van der Waals surface area contributed by atoms with E-state index in [1.807, 2.05) is 0 Å². The van der Waals surface area contributed by atoms with E-state index >= 15 is 0 Å². The molecule has 0 amide bonds. The molecule has 26 valence electrons. The third-order valence-electron chi connectivity index (χ3n) is 0.0680. The van der Waals surface area contributed by atoms with E-state index in [4.69, 9.17) is 4.55 Å². The summed E-state index contributed by atoms with van der Waals surface area (Å²) in [6, 6.07) is 0. The van der Waals surface area contributed by atoms with Crippen LogP contribution in [0.1, 0.15) is 0 Å². The summed E-state index contributed by atoms with van der Waals surface area (Å²) in [5.41, 5.74) is 0. The van der Waals surface area contributed by atoms with E-state index in [2.05, 4.69) is 4.18 Å². The van der Waals surface area contributed by atoms with Crippen molar-refractivity contribution in [1.82, 2.24) is 0 Å². The normalized spacial score (nSPS) is 6.00. The SMILES string of the molecule is COS[O-].[Na+]. The van der Waals surface area contributed by atoms with Crippen molar-refractivity contribution in [2.75, 3.05) is 7.11 Å². The summed E-state index contributed by atoms with van der Waals surface area (Å²) in [5, 5.41) is 0. The van der Waals surface area contributed by atoms with Crippen LogP contribution in [0, 0.1) is 0 Å². The topological polar surface area (TPSA) is 32.3 Å². The zero-order valence-corrected chi connectivity index (χ0v) is 6.04. The molecule has 0 unspecified atom stereocenters. The first kappa shape index (κ1) is 9.55. The van der Waals surface area contributed by atoms with Crippen LogP contribution in [0.25, 0.3) is 0 Å². The van der Waals surface area contributed by atoms with Crippen LogP contribution in [0.2, 0.25) is 0 Å². The Morgan fingerprint density at radius 3 is 2.00 bits per heavy atom. The second kappa shape index (κ2) is 8.99. The molecular formula is CH3NaO2S. The standard InChI is InChI=1S/CH4O2S.Na/c1-3-4-2;/h2H,1H3;/q;+1/p-1. The Hall–Kier alpha value is 1.27. The van der Waals surface area contributed by atoms with E-state index in [0.29, 0.717) is 0 Å². The van der Waals surface area contributed by atoms with Crippen LogP contribution in [0.15, 0.2) is 0 Å². The number of hydrogen-bond acceptors (Lipinski definition) is 3. The molecule has 0 aliphatic heterocycles. The van der Waals surface area contributed by atoms with Crippen LogP contribution in [0.5, 0.6) is 0 Å². The molecule has 0 atom stereocenters. The molecule has 0 fully saturated rings. The molecule has 0 spiro atoms. The predicted molar refractivity (Wildman–Crippen MR) is 15.4 cm³/mol. The van der Waals surface area contributed by atoms with Crippen molar-refractivity contribution in [2.24, 2.45) is 0 Å². The van der Waals surface area contributed by atoms with Crippen molar-refractivity contribution in [2.45, 2.75) is 0 Å². The average molecular weight is 102 g/mol. The largest absolute Gasteiger partial charge is 1.00 e. The van der Waals surface area contributed by atoms with E-state index in [0.717, 1.165) is 0 Å². The first-order valence-electron chi connectivity index (χ1n) is 0.742. The minimum atomic E-state index is 0. The van der Waals surface area contributed by atoms with Crippen LogP contribution in [0.3, 0.4) is 0 Å². The second-order valence-corrected chi connectivity index (χ2v) is 0.704. The van der Waals surface area contributed by atoms with Gasteiger partial charge >= 0.3 is 29.6 Å². The number of hydrogen-bond donors (Lipinski definition) is 0. The van der Waals surface area contributed by atoms with Crippen LogP contribution in [-0.2, 0) is 4.18 Å². The Kier molecular flexibility index (Phi) is 17.2. The van der Waals surface area contributed by atoms with E-state index in [1.54, 1.807) is 0 Å². The van der Waals surface area contributed by atoms with Crippen molar-refractivity contribution < 1.29 is 38.3 Å². The quantitative estimate of drug-likeness (QED) is 0.269. The third-order valence-corrected chi connectivity index (χ3v) is 0.204. The first-order chi connectivity index (χ1) is 1.91. The predicted octanol–water partition coefficient (Wildman–Crippen LogP) is -2.58. The van der Waals surface area contributed by atoms with Gasteiger partial charge < -0.3 is 8.74 Å². The zero-order valence-electron chi connectivity index (χ0n) is 3.22. The van der Waals surface area contributed by atoms with Gasteiger partial charge in [-0.2, -0.15) is 0 Å². The fraction of sp³-hybridized carbons (Fsp3) is 1.00. The molecule has 4 heteroatoms. The molecule has 2 nitrogen and oxygen atoms in total. The van der Waals surface area contributed by atoms with Crippen molar-refractivity contribution >= 4 is 12.3 Å². The van der Waals surface area contributed by atoms with Gasteiger partial charge in [0.15, 0.2) is 0 Å². The Balaban J connectivity index is 0. The summed E-state index contributed by atoms with van der Waals surface area (Å²) in [6.45, 7) is 0. The summed E-state index contributed by atoms with van der Waals surface area (Å²) in [5.74, 6) is 0. The molecule has 0 bridgehead atoms. The van der Waals surface area contributed by atoms with Crippen molar-refractivity contribution in [3.05, 3.63) is 0 Å². The molecule has 0 radical (unpaired) electrons. The fourth-order valence-electron chi connectivity index (χ4n) is 0. The van der Waals surface area contributed by atoms with Gasteiger partial charge in [-0.1, -0.05) is 0 Å². The van der Waals surface area contributed by atoms with E-state index in [1.165, 1.54) is 7.11 Å². The van der Waals surface area contributed by atoms with Gasteiger partial charge in [-0.25, -0.2) is 0 Å². The summed E-state index contributed by atoms with van der Waals surface area (Å²) >= 11 is 0.106. The van der Waals surface area contributed by atoms with Gasteiger partial charge in [0.1, 0.15) is 0 Å². The molecule has 0 heterocycles. The Bertz CT molecular complexity index is 11.6. The van der Waals surface area contributed by atoms with Gasteiger partial charge in [0.25, 0.3) is 0 Å². The Morgan fingerprint density at radius 1 is 1.80 bits per heavy atom. The fourth-order valence-corrected chi connectivity index (χ4v) is 0. The van der Waals surface area contributed by atoms with E-state index in [9.17, 15) is 0 Å². The number of rotatable bonds is 1. The van der Waals surface area contributed by atoms with Gasteiger partial charge in [0.2, 0.25) is 0 Å². The van der Waals surface area contributed by atoms with Gasteiger partial charge in [-0.05, 0) is 0 Å². The van der Waals surface area contributed by atoms with E-state index < -0.39 is 0 Å². The van der Waals surface area contributed by atoms with Gasteiger partial charge in [0, 0.05) is 7.11 Å². The van der Waals surface area contributed by atoms with Crippen LogP contribution in [-0.4, -0.2) is 11.7 Å². The molecule has 0 rings (SSSR count). The van der Waals surface area contributed by atoms with Crippen molar-refractivity contribution in [1.29, 1.82) is 0 Å². The molecule has 5 heavy (non-hydrogen) atoms. The van der Waals surface area contributed by atoms with Gasteiger partial charge in [-0.15, -0.1) is 12.3 Å². The van der Waals surface area contributed by atoms with Crippen molar-refractivity contribution in [3.63, 3.8) is 0 Å². The third kappa shape index (κ3) is 10.9. The average Bonchev–Trinajstić information content (AvgIpc) is 1.37. The smallest absolute Gasteiger partial charge is 0.776 e. The maximum Gasteiger partial charge on any atom is 1.00 e. The Morgan fingerprint density at radius 2 is 2.00 bits per heavy atom. The molecular weight excluding hydrogens is 99.1 g/mol. The molecule has 0 aliphatic rings. The monoisotopic (exact) mass is 102 g/mol. The zero-order chi connectivity index (χ0) is 3.41. The van der Waals surface area contributed by atoms with Crippen molar-refractivity contribution in [3.8, 4) is 0 Å². The minimum absolute atomic E-state index is 0. The first-order valence-corrected chi connectivity index (χ1v) is 1.41. The molecule has 0 aromatic heterocycles. The molecule has 0 saturated heterocycles. The minimum Gasteiger partial charge on any atom is -0.776 e. The van der Waals surface area contributed by atoms with Gasteiger partial charge in [0.05, 0.1) is 0 Å². The Labute approximate surface area is 57.6 Å². The summed E-state index contributed by atoms with van der Waals surface area (Å²) < 4.78 is 12.9. The molecule has 0 aromatic rings. The molecule has 0 aromatic carbocycles. The maximum absolute atomic E-state index is 8.99. The van der Waals surface area contributed by atoms with Crippen LogP contribution in [0.4, 0.5) is 0 Å². The summed E-state index contributed by atoms with van der Waals surface area (Å²) in [6.07, 6.45) is 0. The molecule has 0 aliphatic carbocycles. The van der Waals surface area contributed by atoms with Crippen LogP contribution < -0.4 is 29.6 Å². The molecule has 0 N–H and O–H groups in total. The molecule has 0 saturated carbocycles.